The van der Waals surface area contributed by atoms with E-state index in [4.69, 9.17) is 16.3 Å². The zero-order chi connectivity index (χ0) is 15.8. The lowest BCUT2D eigenvalue weighted by Crippen LogP contribution is -2.13. The van der Waals surface area contributed by atoms with Crippen molar-refractivity contribution in [3.8, 4) is 0 Å². The quantitative estimate of drug-likeness (QED) is 0.423. The second-order valence-electron chi connectivity index (χ2n) is 5.49. The Balaban J connectivity index is 1.62. The lowest BCUT2D eigenvalue weighted by atomic mass is 9.89. The van der Waals surface area contributed by atoms with Gasteiger partial charge in [0.05, 0.1) is 6.61 Å². The maximum atomic E-state index is 11.2. The minimum atomic E-state index is -0.0781. The van der Waals surface area contributed by atoms with Gasteiger partial charge >= 0.3 is 5.97 Å². The maximum Gasteiger partial charge on any atom is 0.305 e. The SMILES string of the molecule is CCOC(=O)CCCCCC1CC(Sc2ccccc2)=C1Cl. The maximum absolute atomic E-state index is 11.2. The third kappa shape index (κ3) is 5.36. The molecule has 22 heavy (non-hydrogen) atoms. The molecule has 0 spiro atoms. The molecule has 0 saturated heterocycles. The molecule has 1 aliphatic rings. The first-order chi connectivity index (χ1) is 10.7. The van der Waals surface area contributed by atoms with E-state index in [1.807, 2.05) is 13.0 Å². The van der Waals surface area contributed by atoms with Crippen molar-refractivity contribution in [2.45, 2.75) is 50.3 Å². The van der Waals surface area contributed by atoms with E-state index in [9.17, 15) is 4.79 Å². The first kappa shape index (κ1) is 17.4. The number of rotatable bonds is 9. The average molecular weight is 339 g/mol. The molecule has 1 aliphatic carbocycles. The number of hydrogen-bond acceptors (Lipinski definition) is 3. The van der Waals surface area contributed by atoms with Crippen LogP contribution in [0.15, 0.2) is 45.2 Å². The van der Waals surface area contributed by atoms with Crippen LogP contribution in [0.25, 0.3) is 0 Å². The zero-order valence-corrected chi connectivity index (χ0v) is 14.6. The fraction of sp³-hybridized carbons (Fsp3) is 0.500. The van der Waals surface area contributed by atoms with E-state index >= 15 is 0 Å². The summed E-state index contributed by atoms with van der Waals surface area (Å²) in [4.78, 5) is 13.8. The van der Waals surface area contributed by atoms with E-state index in [0.29, 0.717) is 18.9 Å². The first-order valence-corrected chi connectivity index (χ1v) is 9.17. The second-order valence-corrected chi connectivity index (χ2v) is 7.07. The molecule has 2 nitrogen and oxygen atoms in total. The predicted molar refractivity (Wildman–Crippen MR) is 93.0 cm³/mol. The van der Waals surface area contributed by atoms with Gasteiger partial charge in [0.15, 0.2) is 0 Å². The molecule has 0 fully saturated rings. The zero-order valence-electron chi connectivity index (χ0n) is 13.0. The molecule has 0 amide bonds. The summed E-state index contributed by atoms with van der Waals surface area (Å²) in [6, 6.07) is 10.4. The highest BCUT2D eigenvalue weighted by Crippen LogP contribution is 2.48. The van der Waals surface area contributed by atoms with Gasteiger partial charge in [0.1, 0.15) is 0 Å². The van der Waals surface area contributed by atoms with Crippen LogP contribution in [0, 0.1) is 5.92 Å². The number of thioether (sulfide) groups is 1. The summed E-state index contributed by atoms with van der Waals surface area (Å²) in [5.41, 5.74) is 0. The number of esters is 1. The number of allylic oxidation sites excluding steroid dienone is 2. The number of hydrogen-bond donors (Lipinski definition) is 0. The van der Waals surface area contributed by atoms with Crippen LogP contribution in [0.2, 0.25) is 0 Å². The van der Waals surface area contributed by atoms with Crippen LogP contribution in [-0.4, -0.2) is 12.6 Å². The fourth-order valence-corrected chi connectivity index (χ4v) is 4.03. The van der Waals surface area contributed by atoms with Gasteiger partial charge in [-0.05, 0) is 38.3 Å². The first-order valence-electron chi connectivity index (χ1n) is 7.97. The van der Waals surface area contributed by atoms with E-state index in [0.717, 1.165) is 37.1 Å². The van der Waals surface area contributed by atoms with Crippen molar-refractivity contribution in [1.29, 1.82) is 0 Å². The predicted octanol–water partition coefficient (Wildman–Crippen LogP) is 5.76. The van der Waals surface area contributed by atoms with Gasteiger partial charge < -0.3 is 4.74 Å². The smallest absolute Gasteiger partial charge is 0.305 e. The Labute approximate surface area is 142 Å². The van der Waals surface area contributed by atoms with Gasteiger partial charge in [-0.3, -0.25) is 4.79 Å². The Bertz CT molecular complexity index is 513. The number of unbranched alkanes of at least 4 members (excludes halogenated alkanes) is 2. The van der Waals surface area contributed by atoms with Gasteiger partial charge in [0.25, 0.3) is 0 Å². The van der Waals surface area contributed by atoms with Crippen LogP contribution >= 0.6 is 23.4 Å². The molecule has 0 saturated carbocycles. The molecular formula is C18H23ClO2S. The van der Waals surface area contributed by atoms with Gasteiger partial charge in [0, 0.05) is 27.2 Å². The number of benzene rings is 1. The summed E-state index contributed by atoms with van der Waals surface area (Å²) < 4.78 is 4.92. The third-order valence-electron chi connectivity index (χ3n) is 3.78. The van der Waals surface area contributed by atoms with Crippen LogP contribution in [-0.2, 0) is 9.53 Å². The normalized spacial score (nSPS) is 17.3. The van der Waals surface area contributed by atoms with E-state index < -0.39 is 0 Å². The average Bonchev–Trinajstić information content (AvgIpc) is 2.53. The lowest BCUT2D eigenvalue weighted by molar-refractivity contribution is -0.143. The number of halogens is 1. The summed E-state index contributed by atoms with van der Waals surface area (Å²) in [5.74, 6) is 0.445. The largest absolute Gasteiger partial charge is 0.466 e. The van der Waals surface area contributed by atoms with E-state index in [2.05, 4.69) is 24.3 Å². The Kier molecular flexibility index (Phi) is 7.34. The molecule has 120 valence electrons. The van der Waals surface area contributed by atoms with Gasteiger partial charge in [-0.1, -0.05) is 54.4 Å². The van der Waals surface area contributed by atoms with Gasteiger partial charge in [0.2, 0.25) is 0 Å². The van der Waals surface area contributed by atoms with Crippen molar-refractivity contribution in [3.05, 3.63) is 40.3 Å². The molecule has 1 atom stereocenters. The van der Waals surface area contributed by atoms with Gasteiger partial charge in [-0.15, -0.1) is 0 Å². The highest BCUT2D eigenvalue weighted by molar-refractivity contribution is 8.03. The van der Waals surface area contributed by atoms with Crippen molar-refractivity contribution in [2.75, 3.05) is 6.61 Å². The Morgan fingerprint density at radius 1 is 1.27 bits per heavy atom. The third-order valence-corrected chi connectivity index (χ3v) is 5.57. The summed E-state index contributed by atoms with van der Waals surface area (Å²) in [6.07, 6.45) is 5.87. The molecule has 2 rings (SSSR count). The van der Waals surface area contributed by atoms with Crippen LogP contribution in [0.5, 0.6) is 0 Å². The van der Waals surface area contributed by atoms with Crippen LogP contribution < -0.4 is 0 Å². The van der Waals surface area contributed by atoms with E-state index in [1.165, 1.54) is 9.80 Å². The van der Waals surface area contributed by atoms with Crippen molar-refractivity contribution in [3.63, 3.8) is 0 Å². The summed E-state index contributed by atoms with van der Waals surface area (Å²) in [6.45, 7) is 2.32. The highest BCUT2D eigenvalue weighted by atomic mass is 35.5. The molecule has 1 unspecified atom stereocenters. The van der Waals surface area contributed by atoms with Crippen molar-refractivity contribution < 1.29 is 9.53 Å². The summed E-state index contributed by atoms with van der Waals surface area (Å²) in [7, 11) is 0. The molecular weight excluding hydrogens is 316 g/mol. The fourth-order valence-electron chi connectivity index (χ4n) is 2.53. The van der Waals surface area contributed by atoms with Crippen molar-refractivity contribution in [2.24, 2.45) is 5.92 Å². The topological polar surface area (TPSA) is 26.3 Å². The van der Waals surface area contributed by atoms with Crippen LogP contribution in [0.1, 0.15) is 45.4 Å². The monoisotopic (exact) mass is 338 g/mol. The highest BCUT2D eigenvalue weighted by Gasteiger charge is 2.28. The molecule has 0 N–H and O–H groups in total. The van der Waals surface area contributed by atoms with Crippen molar-refractivity contribution >= 4 is 29.3 Å². The molecule has 1 aromatic carbocycles. The van der Waals surface area contributed by atoms with Crippen LogP contribution in [0.4, 0.5) is 0 Å². The standard InChI is InChI=1S/C18H23ClO2S/c1-2-21-17(20)12-8-3-5-9-14-13-16(18(14)19)22-15-10-6-4-7-11-15/h4,6-7,10-11,14H,2-3,5,8-9,12-13H2,1H3. The molecule has 0 aromatic heterocycles. The molecule has 0 radical (unpaired) electrons. The minimum absolute atomic E-state index is 0.0781. The number of carbonyl (C=O) groups is 1. The number of ether oxygens (including phenoxy) is 1. The molecule has 0 heterocycles. The van der Waals surface area contributed by atoms with Gasteiger partial charge in [-0.2, -0.15) is 0 Å². The Morgan fingerprint density at radius 2 is 2.05 bits per heavy atom. The molecule has 0 aliphatic heterocycles. The van der Waals surface area contributed by atoms with E-state index in [-0.39, 0.29) is 5.97 Å². The number of carbonyl (C=O) groups excluding carboxylic acids is 1. The minimum Gasteiger partial charge on any atom is -0.466 e. The molecule has 4 heteroatoms. The molecule has 1 aromatic rings. The van der Waals surface area contributed by atoms with E-state index in [1.54, 1.807) is 11.8 Å². The Morgan fingerprint density at radius 3 is 2.73 bits per heavy atom. The lowest BCUT2D eigenvalue weighted by Gasteiger charge is -2.29. The van der Waals surface area contributed by atoms with Gasteiger partial charge in [-0.25, -0.2) is 0 Å². The summed E-state index contributed by atoms with van der Waals surface area (Å²) >= 11 is 8.20. The molecule has 0 bridgehead atoms. The summed E-state index contributed by atoms with van der Waals surface area (Å²) in [5, 5.41) is 1.04. The second kappa shape index (κ2) is 9.26. The van der Waals surface area contributed by atoms with Crippen LogP contribution in [0.3, 0.4) is 0 Å². The van der Waals surface area contributed by atoms with Crippen molar-refractivity contribution in [1.82, 2.24) is 0 Å². The Hall–Kier alpha value is -0.930.